The topological polar surface area (TPSA) is 64.1 Å². The van der Waals surface area contributed by atoms with E-state index in [2.05, 4.69) is 15.3 Å². The van der Waals surface area contributed by atoms with E-state index in [0.717, 1.165) is 31.6 Å². The van der Waals surface area contributed by atoms with E-state index in [1.165, 1.54) is 23.1 Å². The molecule has 0 saturated heterocycles. The van der Waals surface area contributed by atoms with Gasteiger partial charge in [-0.2, -0.15) is 0 Å². The first-order valence-electron chi connectivity index (χ1n) is 9.68. The number of hydrogen-bond acceptors (Lipinski definition) is 7. The Bertz CT molecular complexity index is 1140. The fraction of sp³-hybridized carbons (Fsp3) is 0.227. The molecule has 4 rings (SSSR count). The third-order valence-corrected chi connectivity index (χ3v) is 7.60. The van der Waals surface area contributed by atoms with Crippen LogP contribution in [0.4, 0.5) is 5.13 Å². The molecule has 5 nitrogen and oxygen atoms in total. The van der Waals surface area contributed by atoms with Crippen LogP contribution in [-0.4, -0.2) is 27.7 Å². The Morgan fingerprint density at radius 2 is 2.00 bits per heavy atom. The van der Waals surface area contributed by atoms with Crippen molar-refractivity contribution in [3.05, 3.63) is 53.9 Å². The van der Waals surface area contributed by atoms with Gasteiger partial charge in [0.05, 0.1) is 27.8 Å². The standard InChI is InChI=1S/C22H21N3O2S3/c1-3-18(29-22-24-16-11-10-15(27-4-2)12-19(16)30-22)20(26)25-21-23-17(13-28-21)14-8-6-5-7-9-14/h5-13,18H,3-4H2,1-2H3,(H,23,25,26). The van der Waals surface area contributed by atoms with Crippen LogP contribution < -0.4 is 10.1 Å². The highest BCUT2D eigenvalue weighted by Gasteiger charge is 2.21. The molecule has 0 aliphatic rings. The molecule has 1 amide bonds. The zero-order valence-electron chi connectivity index (χ0n) is 16.6. The fourth-order valence-corrected chi connectivity index (χ4v) is 5.88. The summed E-state index contributed by atoms with van der Waals surface area (Å²) in [7, 11) is 0. The molecule has 1 unspecified atom stereocenters. The summed E-state index contributed by atoms with van der Waals surface area (Å²) in [6, 6.07) is 15.8. The van der Waals surface area contributed by atoms with Crippen molar-refractivity contribution < 1.29 is 9.53 Å². The zero-order chi connectivity index (χ0) is 20.9. The average Bonchev–Trinajstić information content (AvgIpc) is 3.39. The lowest BCUT2D eigenvalue weighted by molar-refractivity contribution is -0.115. The van der Waals surface area contributed by atoms with Crippen LogP contribution >= 0.6 is 34.4 Å². The minimum atomic E-state index is -0.235. The number of thioether (sulfide) groups is 1. The number of rotatable bonds is 8. The minimum Gasteiger partial charge on any atom is -0.494 e. The van der Waals surface area contributed by atoms with Crippen molar-refractivity contribution in [2.24, 2.45) is 0 Å². The number of nitrogens with zero attached hydrogens (tertiary/aromatic N) is 2. The van der Waals surface area contributed by atoms with Crippen molar-refractivity contribution in [2.45, 2.75) is 29.9 Å². The summed E-state index contributed by atoms with van der Waals surface area (Å²) in [5.41, 5.74) is 2.83. The van der Waals surface area contributed by atoms with Gasteiger partial charge in [-0.1, -0.05) is 49.0 Å². The van der Waals surface area contributed by atoms with Crippen molar-refractivity contribution >= 4 is 55.7 Å². The predicted octanol–water partition coefficient (Wildman–Crippen LogP) is 6.33. The average molecular weight is 456 g/mol. The second kappa shape index (κ2) is 9.59. The lowest BCUT2D eigenvalue weighted by atomic mass is 10.2. The lowest BCUT2D eigenvalue weighted by Crippen LogP contribution is -2.24. The molecule has 1 atom stereocenters. The highest BCUT2D eigenvalue weighted by atomic mass is 32.2. The van der Waals surface area contributed by atoms with Crippen molar-refractivity contribution in [1.29, 1.82) is 0 Å². The van der Waals surface area contributed by atoms with E-state index in [4.69, 9.17) is 4.74 Å². The molecular weight excluding hydrogens is 434 g/mol. The van der Waals surface area contributed by atoms with Gasteiger partial charge in [0.15, 0.2) is 9.47 Å². The molecule has 0 bridgehead atoms. The normalized spacial score (nSPS) is 12.1. The van der Waals surface area contributed by atoms with Gasteiger partial charge in [0.25, 0.3) is 0 Å². The van der Waals surface area contributed by atoms with E-state index in [1.54, 1.807) is 11.3 Å². The Kier molecular flexibility index (Phi) is 6.66. The Morgan fingerprint density at radius 3 is 2.77 bits per heavy atom. The molecular formula is C22H21N3O2S3. The third-order valence-electron chi connectivity index (χ3n) is 4.36. The summed E-state index contributed by atoms with van der Waals surface area (Å²) < 4.78 is 7.51. The van der Waals surface area contributed by atoms with Gasteiger partial charge < -0.3 is 10.1 Å². The Morgan fingerprint density at radius 1 is 1.17 bits per heavy atom. The minimum absolute atomic E-state index is 0.0503. The number of amides is 1. The maximum absolute atomic E-state index is 12.8. The van der Waals surface area contributed by atoms with Crippen LogP contribution in [0.3, 0.4) is 0 Å². The molecule has 2 heterocycles. The SMILES string of the molecule is CCOc1ccc2nc(SC(CC)C(=O)Nc3nc(-c4ccccc4)cs3)sc2c1. The third kappa shape index (κ3) is 4.83. The number of fused-ring (bicyclic) bond motifs is 1. The van der Waals surface area contributed by atoms with Crippen molar-refractivity contribution in [3.63, 3.8) is 0 Å². The molecule has 0 fully saturated rings. The number of benzene rings is 2. The highest BCUT2D eigenvalue weighted by molar-refractivity contribution is 8.02. The van der Waals surface area contributed by atoms with Crippen LogP contribution in [0.5, 0.6) is 5.75 Å². The molecule has 2 aromatic carbocycles. The molecule has 0 saturated carbocycles. The predicted molar refractivity (Wildman–Crippen MR) is 127 cm³/mol. The van der Waals surface area contributed by atoms with E-state index in [1.807, 2.05) is 67.8 Å². The van der Waals surface area contributed by atoms with Gasteiger partial charge in [-0.3, -0.25) is 4.79 Å². The van der Waals surface area contributed by atoms with Crippen LogP contribution in [0.15, 0.2) is 58.3 Å². The number of aromatic nitrogens is 2. The molecule has 30 heavy (non-hydrogen) atoms. The van der Waals surface area contributed by atoms with Crippen molar-refractivity contribution in [3.8, 4) is 17.0 Å². The quantitative estimate of drug-likeness (QED) is 0.315. The lowest BCUT2D eigenvalue weighted by Gasteiger charge is -2.11. The van der Waals surface area contributed by atoms with Crippen LogP contribution in [0.1, 0.15) is 20.3 Å². The summed E-state index contributed by atoms with van der Waals surface area (Å²) >= 11 is 4.52. The summed E-state index contributed by atoms with van der Waals surface area (Å²) in [6.45, 7) is 4.61. The Labute approximate surface area is 187 Å². The van der Waals surface area contributed by atoms with Crippen LogP contribution in [0.25, 0.3) is 21.5 Å². The number of anilines is 1. The Hall–Kier alpha value is -2.42. The van der Waals surface area contributed by atoms with E-state index >= 15 is 0 Å². The van der Waals surface area contributed by atoms with Crippen LogP contribution in [0.2, 0.25) is 0 Å². The van der Waals surface area contributed by atoms with E-state index in [9.17, 15) is 4.79 Å². The molecule has 154 valence electrons. The number of carbonyl (C=O) groups is 1. The first-order valence-corrected chi connectivity index (χ1v) is 12.3. The van der Waals surface area contributed by atoms with Crippen molar-refractivity contribution in [1.82, 2.24) is 9.97 Å². The molecule has 1 N–H and O–H groups in total. The fourth-order valence-electron chi connectivity index (χ4n) is 2.89. The van der Waals surface area contributed by atoms with Gasteiger partial charge in [0.2, 0.25) is 5.91 Å². The zero-order valence-corrected chi connectivity index (χ0v) is 19.1. The van der Waals surface area contributed by atoms with Gasteiger partial charge in [-0.15, -0.1) is 22.7 Å². The van der Waals surface area contributed by atoms with Crippen molar-refractivity contribution in [2.75, 3.05) is 11.9 Å². The molecule has 0 aliphatic heterocycles. The number of ether oxygens (including phenoxy) is 1. The van der Waals surface area contributed by atoms with Crippen LogP contribution in [0, 0.1) is 0 Å². The first-order chi connectivity index (χ1) is 14.7. The molecule has 0 radical (unpaired) electrons. The molecule has 8 heteroatoms. The number of carbonyl (C=O) groups excluding carboxylic acids is 1. The van der Waals surface area contributed by atoms with E-state index < -0.39 is 0 Å². The molecule has 4 aromatic rings. The smallest absolute Gasteiger partial charge is 0.239 e. The van der Waals surface area contributed by atoms with Gasteiger partial charge >= 0.3 is 0 Å². The number of thiazole rings is 2. The van der Waals surface area contributed by atoms with E-state index in [0.29, 0.717) is 18.2 Å². The maximum atomic E-state index is 12.8. The molecule has 2 aromatic heterocycles. The Balaban J connectivity index is 1.44. The largest absolute Gasteiger partial charge is 0.494 e. The molecule has 0 aliphatic carbocycles. The monoisotopic (exact) mass is 455 g/mol. The summed E-state index contributed by atoms with van der Waals surface area (Å²) in [5, 5.41) is 5.31. The highest BCUT2D eigenvalue weighted by Crippen LogP contribution is 2.35. The van der Waals surface area contributed by atoms with Gasteiger partial charge in [-0.05, 0) is 31.5 Å². The summed E-state index contributed by atoms with van der Waals surface area (Å²) in [5.74, 6) is 0.790. The van der Waals surface area contributed by atoms with E-state index in [-0.39, 0.29) is 11.2 Å². The van der Waals surface area contributed by atoms with Gasteiger partial charge in [0.1, 0.15) is 5.75 Å². The van der Waals surface area contributed by atoms with Gasteiger partial charge in [-0.25, -0.2) is 9.97 Å². The number of nitrogens with one attached hydrogen (secondary N) is 1. The number of hydrogen-bond donors (Lipinski definition) is 1. The molecule has 0 spiro atoms. The first kappa shape index (κ1) is 20.8. The maximum Gasteiger partial charge on any atom is 0.239 e. The summed E-state index contributed by atoms with van der Waals surface area (Å²) in [6.07, 6.45) is 0.702. The van der Waals surface area contributed by atoms with Crippen LogP contribution in [-0.2, 0) is 4.79 Å². The summed E-state index contributed by atoms with van der Waals surface area (Å²) in [4.78, 5) is 22.1. The second-order valence-electron chi connectivity index (χ2n) is 6.45. The van der Waals surface area contributed by atoms with Gasteiger partial charge in [0, 0.05) is 10.9 Å². The second-order valence-corrected chi connectivity index (χ2v) is 9.79.